The maximum absolute atomic E-state index is 9.82. The topological polar surface area (TPSA) is 71.2 Å². The van der Waals surface area contributed by atoms with Crippen molar-refractivity contribution in [2.75, 3.05) is 17.6 Å². The molecule has 0 saturated heterocycles. The molecule has 0 spiro atoms. The van der Waals surface area contributed by atoms with Crippen LogP contribution in [0, 0.1) is 0 Å². The highest BCUT2D eigenvalue weighted by molar-refractivity contribution is 7.07. The Morgan fingerprint density at radius 3 is 2.94 bits per heavy atom. The van der Waals surface area contributed by atoms with Crippen LogP contribution in [0.2, 0.25) is 0 Å². The van der Waals surface area contributed by atoms with Gasteiger partial charge in [0.2, 0.25) is 0 Å². The summed E-state index contributed by atoms with van der Waals surface area (Å²) in [5.41, 5.74) is 7.07. The van der Waals surface area contributed by atoms with Gasteiger partial charge < -0.3 is 16.2 Å². The molecule has 0 saturated carbocycles. The van der Waals surface area contributed by atoms with Crippen LogP contribution in [-0.2, 0) is 0 Å². The molecule has 4 N–H and O–H groups in total. The first-order chi connectivity index (χ1) is 7.75. The van der Waals surface area contributed by atoms with Crippen LogP contribution in [0.1, 0.15) is 11.7 Å². The van der Waals surface area contributed by atoms with E-state index in [1.807, 2.05) is 16.8 Å². The van der Waals surface area contributed by atoms with Crippen molar-refractivity contribution in [3.63, 3.8) is 0 Å². The molecule has 2 aromatic heterocycles. The fourth-order valence-electron chi connectivity index (χ4n) is 1.29. The molecule has 1 unspecified atom stereocenters. The lowest BCUT2D eigenvalue weighted by atomic mass is 10.2. The van der Waals surface area contributed by atoms with E-state index in [1.54, 1.807) is 29.7 Å². The highest BCUT2D eigenvalue weighted by atomic mass is 32.1. The maximum Gasteiger partial charge on any atom is 0.126 e. The number of anilines is 2. The molecular formula is C11H13N3OS. The van der Waals surface area contributed by atoms with Crippen LogP contribution >= 0.6 is 11.3 Å². The minimum atomic E-state index is -0.509. The predicted molar refractivity (Wildman–Crippen MR) is 66.4 cm³/mol. The number of hydrogen-bond acceptors (Lipinski definition) is 5. The van der Waals surface area contributed by atoms with Gasteiger partial charge in [-0.25, -0.2) is 4.98 Å². The van der Waals surface area contributed by atoms with Crippen LogP contribution in [0.3, 0.4) is 0 Å². The van der Waals surface area contributed by atoms with E-state index in [-0.39, 0.29) is 0 Å². The van der Waals surface area contributed by atoms with E-state index in [4.69, 9.17) is 5.73 Å². The number of nitrogens with two attached hydrogens (primary N) is 1. The molecule has 0 aliphatic rings. The molecule has 4 nitrogen and oxygen atoms in total. The van der Waals surface area contributed by atoms with E-state index < -0.39 is 6.10 Å². The van der Waals surface area contributed by atoms with Crippen molar-refractivity contribution in [3.8, 4) is 0 Å². The Labute approximate surface area is 97.8 Å². The summed E-state index contributed by atoms with van der Waals surface area (Å²) in [7, 11) is 0. The molecule has 0 fully saturated rings. The number of aliphatic hydroxyl groups is 1. The van der Waals surface area contributed by atoms with Crippen molar-refractivity contribution < 1.29 is 5.11 Å². The number of aromatic nitrogens is 1. The molecule has 0 aromatic carbocycles. The number of thiophene rings is 1. The highest BCUT2D eigenvalue weighted by Gasteiger charge is 2.07. The monoisotopic (exact) mass is 235 g/mol. The third-order valence-electron chi connectivity index (χ3n) is 2.19. The Hall–Kier alpha value is -1.59. The first-order valence-electron chi connectivity index (χ1n) is 4.91. The number of rotatable bonds is 4. The molecule has 1 atom stereocenters. The smallest absolute Gasteiger partial charge is 0.126 e. The summed E-state index contributed by atoms with van der Waals surface area (Å²) in [4.78, 5) is 4.09. The van der Waals surface area contributed by atoms with Crippen LogP contribution in [0.4, 0.5) is 11.5 Å². The third-order valence-corrected chi connectivity index (χ3v) is 2.89. The van der Waals surface area contributed by atoms with Crippen molar-refractivity contribution in [2.45, 2.75) is 6.10 Å². The lowest BCUT2D eigenvalue weighted by Crippen LogP contribution is -2.12. The second-order valence-electron chi connectivity index (χ2n) is 3.43. The molecule has 0 aliphatic carbocycles. The summed E-state index contributed by atoms with van der Waals surface area (Å²) in [6, 6.07) is 5.47. The van der Waals surface area contributed by atoms with Crippen molar-refractivity contribution in [1.29, 1.82) is 0 Å². The lowest BCUT2D eigenvalue weighted by Gasteiger charge is -2.10. The molecule has 2 heterocycles. The summed E-state index contributed by atoms with van der Waals surface area (Å²) < 4.78 is 0. The van der Waals surface area contributed by atoms with Crippen LogP contribution < -0.4 is 11.1 Å². The number of hydrogen-bond donors (Lipinski definition) is 3. The third kappa shape index (κ3) is 2.71. The molecule has 84 valence electrons. The number of pyridine rings is 1. The first-order valence-corrected chi connectivity index (χ1v) is 5.85. The summed E-state index contributed by atoms with van der Waals surface area (Å²) in [5, 5.41) is 16.7. The number of nitrogens with zero attached hydrogens (tertiary/aromatic N) is 1. The van der Waals surface area contributed by atoms with Crippen molar-refractivity contribution in [2.24, 2.45) is 0 Å². The van der Waals surface area contributed by atoms with E-state index in [0.717, 1.165) is 5.56 Å². The van der Waals surface area contributed by atoms with Crippen molar-refractivity contribution in [1.82, 2.24) is 4.98 Å². The average Bonchev–Trinajstić information content (AvgIpc) is 2.81. The van der Waals surface area contributed by atoms with Gasteiger partial charge in [0.25, 0.3) is 0 Å². The van der Waals surface area contributed by atoms with Crippen LogP contribution in [0.5, 0.6) is 0 Å². The number of aliphatic hydroxyl groups excluding tert-OH is 1. The SMILES string of the molecule is Nc1ccc(NCC(O)c2ccsc2)nc1. The second-order valence-corrected chi connectivity index (χ2v) is 4.21. The predicted octanol–water partition coefficient (Wildman–Crippen LogP) is 1.87. The molecule has 0 amide bonds. The Balaban J connectivity index is 1.90. The number of nitrogens with one attached hydrogen (secondary N) is 1. The van der Waals surface area contributed by atoms with Gasteiger partial charge in [-0.1, -0.05) is 0 Å². The van der Waals surface area contributed by atoms with Gasteiger partial charge in [-0.3, -0.25) is 0 Å². The molecule has 2 aromatic rings. The zero-order chi connectivity index (χ0) is 11.4. The Kier molecular flexibility index (Phi) is 3.38. The Morgan fingerprint density at radius 1 is 1.44 bits per heavy atom. The average molecular weight is 235 g/mol. The summed E-state index contributed by atoms with van der Waals surface area (Å²) in [6.45, 7) is 0.438. The molecular weight excluding hydrogens is 222 g/mol. The van der Waals surface area contributed by atoms with Gasteiger partial charge in [-0.15, -0.1) is 0 Å². The van der Waals surface area contributed by atoms with Crippen LogP contribution in [-0.4, -0.2) is 16.6 Å². The lowest BCUT2D eigenvalue weighted by molar-refractivity contribution is 0.192. The van der Waals surface area contributed by atoms with E-state index >= 15 is 0 Å². The summed E-state index contributed by atoms with van der Waals surface area (Å²) in [5.74, 6) is 0.712. The molecule has 5 heteroatoms. The van der Waals surface area contributed by atoms with Gasteiger partial charge in [-0.05, 0) is 34.5 Å². The van der Waals surface area contributed by atoms with Crippen molar-refractivity contribution >= 4 is 22.8 Å². The Morgan fingerprint density at radius 2 is 2.31 bits per heavy atom. The highest BCUT2D eigenvalue weighted by Crippen LogP contribution is 2.16. The van der Waals surface area contributed by atoms with Gasteiger partial charge >= 0.3 is 0 Å². The first kappa shape index (κ1) is 10.9. The molecule has 16 heavy (non-hydrogen) atoms. The zero-order valence-corrected chi connectivity index (χ0v) is 9.45. The zero-order valence-electron chi connectivity index (χ0n) is 8.63. The van der Waals surface area contributed by atoms with E-state index in [0.29, 0.717) is 18.1 Å². The fraction of sp³-hybridized carbons (Fsp3) is 0.182. The minimum absolute atomic E-state index is 0.438. The van der Waals surface area contributed by atoms with E-state index in [2.05, 4.69) is 10.3 Å². The van der Waals surface area contributed by atoms with Gasteiger partial charge in [0, 0.05) is 6.54 Å². The Bertz CT molecular complexity index is 427. The molecule has 0 aliphatic heterocycles. The second kappa shape index (κ2) is 4.96. The van der Waals surface area contributed by atoms with Gasteiger partial charge in [0.05, 0.1) is 18.0 Å². The molecule has 2 rings (SSSR count). The maximum atomic E-state index is 9.82. The van der Waals surface area contributed by atoms with E-state index in [1.165, 1.54) is 0 Å². The minimum Gasteiger partial charge on any atom is -0.397 e. The van der Waals surface area contributed by atoms with Crippen LogP contribution in [0.15, 0.2) is 35.2 Å². The summed E-state index contributed by atoms with van der Waals surface area (Å²) in [6.07, 6.45) is 1.07. The largest absolute Gasteiger partial charge is 0.397 e. The molecule has 0 bridgehead atoms. The normalized spacial score (nSPS) is 12.3. The van der Waals surface area contributed by atoms with Gasteiger partial charge in [0.15, 0.2) is 0 Å². The van der Waals surface area contributed by atoms with E-state index in [9.17, 15) is 5.11 Å². The summed E-state index contributed by atoms with van der Waals surface area (Å²) >= 11 is 1.57. The number of nitrogen functional groups attached to an aromatic ring is 1. The standard InChI is InChI=1S/C11H13N3OS/c12-9-1-2-11(13-5-9)14-6-10(15)8-3-4-16-7-8/h1-5,7,10,15H,6,12H2,(H,13,14). The van der Waals surface area contributed by atoms with Crippen LogP contribution in [0.25, 0.3) is 0 Å². The quantitative estimate of drug-likeness (QED) is 0.756. The van der Waals surface area contributed by atoms with Crippen molar-refractivity contribution in [3.05, 3.63) is 40.7 Å². The fourth-order valence-corrected chi connectivity index (χ4v) is 2.00. The van der Waals surface area contributed by atoms with Gasteiger partial charge in [0.1, 0.15) is 5.82 Å². The van der Waals surface area contributed by atoms with Gasteiger partial charge in [-0.2, -0.15) is 11.3 Å². The molecule has 0 radical (unpaired) electrons.